The number of aromatic nitrogens is 2. The topological polar surface area (TPSA) is 79.5 Å². The lowest BCUT2D eigenvalue weighted by atomic mass is 10.0. The fourth-order valence-electron chi connectivity index (χ4n) is 4.92. The maximum atomic E-state index is 12.4. The molecule has 1 amide bonds. The molecule has 1 aromatic heterocycles. The summed E-state index contributed by atoms with van der Waals surface area (Å²) in [5.74, 6) is 2.11. The molecule has 1 aliphatic heterocycles. The first-order chi connectivity index (χ1) is 17.9. The Hall–Kier alpha value is -3.84. The van der Waals surface area contributed by atoms with Crippen molar-refractivity contribution in [2.24, 2.45) is 0 Å². The summed E-state index contributed by atoms with van der Waals surface area (Å²) in [6.45, 7) is 12.2. The number of rotatable bonds is 7. The number of nitrogens with one attached hydrogen (secondary N) is 2. The van der Waals surface area contributed by atoms with Gasteiger partial charge in [-0.15, -0.1) is 0 Å². The van der Waals surface area contributed by atoms with Crippen LogP contribution in [0, 0.1) is 27.7 Å². The molecule has 37 heavy (non-hydrogen) atoms. The van der Waals surface area contributed by atoms with Crippen LogP contribution < -0.4 is 14.8 Å². The highest BCUT2D eigenvalue weighted by molar-refractivity contribution is 5.88. The molecule has 192 valence electrons. The van der Waals surface area contributed by atoms with Gasteiger partial charge in [0.2, 0.25) is 0 Å². The fourth-order valence-corrected chi connectivity index (χ4v) is 4.92. The van der Waals surface area contributed by atoms with Gasteiger partial charge in [-0.3, -0.25) is 10.2 Å². The van der Waals surface area contributed by atoms with Crippen LogP contribution in [0.1, 0.15) is 35.1 Å². The van der Waals surface area contributed by atoms with Gasteiger partial charge in [-0.25, -0.2) is 9.78 Å². The first-order valence-corrected chi connectivity index (χ1v) is 12.9. The zero-order chi connectivity index (χ0) is 25.9. The second-order valence-electron chi connectivity index (χ2n) is 9.91. The van der Waals surface area contributed by atoms with Gasteiger partial charge >= 0.3 is 6.09 Å². The Labute approximate surface area is 217 Å². The quantitative estimate of drug-likeness (QED) is 0.302. The summed E-state index contributed by atoms with van der Waals surface area (Å²) in [5.41, 5.74) is 7.84. The van der Waals surface area contributed by atoms with Crippen molar-refractivity contribution in [3.05, 3.63) is 70.8 Å². The Morgan fingerprint density at radius 1 is 0.919 bits per heavy atom. The molecule has 2 N–H and O–H groups in total. The third-order valence-corrected chi connectivity index (χ3v) is 7.04. The van der Waals surface area contributed by atoms with E-state index in [1.807, 2.05) is 38.1 Å². The van der Waals surface area contributed by atoms with Crippen molar-refractivity contribution in [3.63, 3.8) is 0 Å². The number of aryl methyl sites for hydroxylation is 4. The summed E-state index contributed by atoms with van der Waals surface area (Å²) in [6.07, 6.45) is 2.05. The minimum atomic E-state index is -0.533. The first kappa shape index (κ1) is 24.8. The van der Waals surface area contributed by atoms with Crippen molar-refractivity contribution in [3.8, 4) is 22.9 Å². The van der Waals surface area contributed by atoms with Gasteiger partial charge in [-0.2, -0.15) is 0 Å². The van der Waals surface area contributed by atoms with Gasteiger partial charge in [-0.1, -0.05) is 6.07 Å². The van der Waals surface area contributed by atoms with Crippen molar-refractivity contribution in [2.45, 2.75) is 40.5 Å². The standard InChI is InChI=1S/C30H34N4O3/c1-19-7-8-23(15-20(19)2)31-30(35)37-24-9-10-26-27(18-24)33-29(32-26)28-21(3)16-25(17-22(28)4)36-14-13-34-11-5-6-12-34/h7-10,15-18H,5-6,11-14H2,1-4H3,(H,31,35)(H,32,33). The molecule has 1 saturated heterocycles. The van der Waals surface area contributed by atoms with Crippen LogP contribution in [-0.2, 0) is 0 Å². The van der Waals surface area contributed by atoms with Gasteiger partial charge in [0.05, 0.1) is 11.0 Å². The molecule has 0 saturated carbocycles. The first-order valence-electron chi connectivity index (χ1n) is 12.9. The molecule has 3 aromatic carbocycles. The number of carbonyl (C=O) groups is 1. The lowest BCUT2D eigenvalue weighted by Crippen LogP contribution is -2.25. The van der Waals surface area contributed by atoms with Crippen molar-refractivity contribution >= 4 is 22.8 Å². The largest absolute Gasteiger partial charge is 0.492 e. The van der Waals surface area contributed by atoms with E-state index in [-0.39, 0.29) is 0 Å². The average Bonchev–Trinajstić information content (AvgIpc) is 3.51. The molecule has 1 aliphatic rings. The normalized spacial score (nSPS) is 13.7. The Balaban J connectivity index is 1.28. The van der Waals surface area contributed by atoms with Crippen LogP contribution >= 0.6 is 0 Å². The number of fused-ring (bicyclic) bond motifs is 1. The van der Waals surface area contributed by atoms with Gasteiger partial charge in [0, 0.05) is 23.9 Å². The van der Waals surface area contributed by atoms with E-state index < -0.39 is 6.09 Å². The van der Waals surface area contributed by atoms with E-state index in [1.54, 1.807) is 12.1 Å². The van der Waals surface area contributed by atoms with Crippen molar-refractivity contribution in [1.29, 1.82) is 0 Å². The molecule has 0 aliphatic carbocycles. The molecule has 5 rings (SSSR count). The number of likely N-dealkylation sites (tertiary alicyclic amines) is 1. The molecule has 4 aromatic rings. The maximum Gasteiger partial charge on any atom is 0.417 e. The van der Waals surface area contributed by atoms with E-state index in [0.29, 0.717) is 18.0 Å². The van der Waals surface area contributed by atoms with E-state index in [1.165, 1.54) is 31.5 Å². The predicted octanol–water partition coefficient (Wildman–Crippen LogP) is 6.55. The number of amides is 1. The van der Waals surface area contributed by atoms with Crippen LogP contribution in [0.4, 0.5) is 10.5 Å². The molecule has 2 heterocycles. The maximum absolute atomic E-state index is 12.4. The number of anilines is 1. The smallest absolute Gasteiger partial charge is 0.417 e. The number of aromatic amines is 1. The third kappa shape index (κ3) is 5.78. The molecule has 0 unspecified atom stereocenters. The highest BCUT2D eigenvalue weighted by atomic mass is 16.6. The summed E-state index contributed by atoms with van der Waals surface area (Å²) >= 11 is 0. The number of benzene rings is 3. The Kier molecular flexibility index (Phi) is 7.15. The van der Waals surface area contributed by atoms with Gasteiger partial charge in [-0.05, 0) is 112 Å². The third-order valence-electron chi connectivity index (χ3n) is 7.04. The summed E-state index contributed by atoms with van der Waals surface area (Å²) in [6, 6.07) is 15.3. The minimum absolute atomic E-state index is 0.444. The summed E-state index contributed by atoms with van der Waals surface area (Å²) < 4.78 is 11.6. The van der Waals surface area contributed by atoms with Crippen LogP contribution in [0.3, 0.4) is 0 Å². The molecule has 7 nitrogen and oxygen atoms in total. The zero-order valence-corrected chi connectivity index (χ0v) is 22.0. The molecular weight excluding hydrogens is 464 g/mol. The van der Waals surface area contributed by atoms with Crippen LogP contribution in [-0.4, -0.2) is 47.2 Å². The number of hydrogen-bond acceptors (Lipinski definition) is 5. The van der Waals surface area contributed by atoms with Crippen molar-refractivity contribution in [1.82, 2.24) is 14.9 Å². The van der Waals surface area contributed by atoms with Crippen molar-refractivity contribution in [2.75, 3.05) is 31.6 Å². The van der Waals surface area contributed by atoms with Crippen LogP contribution in [0.25, 0.3) is 22.4 Å². The molecule has 1 fully saturated rings. The van der Waals surface area contributed by atoms with E-state index in [0.717, 1.165) is 51.4 Å². The number of nitrogens with zero attached hydrogens (tertiary/aromatic N) is 2. The van der Waals surface area contributed by atoms with Gasteiger partial charge < -0.3 is 14.5 Å². The number of ether oxygens (including phenoxy) is 2. The lowest BCUT2D eigenvalue weighted by molar-refractivity contribution is 0.215. The lowest BCUT2D eigenvalue weighted by Gasteiger charge is -2.16. The van der Waals surface area contributed by atoms with Crippen LogP contribution in [0.2, 0.25) is 0 Å². The van der Waals surface area contributed by atoms with E-state index in [2.05, 4.69) is 41.2 Å². The van der Waals surface area contributed by atoms with Gasteiger partial charge in [0.1, 0.15) is 23.9 Å². The monoisotopic (exact) mass is 498 g/mol. The Morgan fingerprint density at radius 2 is 1.68 bits per heavy atom. The molecular formula is C30H34N4O3. The molecule has 0 spiro atoms. The average molecular weight is 499 g/mol. The molecule has 0 bridgehead atoms. The molecule has 0 atom stereocenters. The van der Waals surface area contributed by atoms with Crippen molar-refractivity contribution < 1.29 is 14.3 Å². The van der Waals surface area contributed by atoms with Crippen LogP contribution in [0.15, 0.2) is 48.5 Å². The predicted molar refractivity (Wildman–Crippen MR) is 148 cm³/mol. The SMILES string of the molecule is Cc1ccc(NC(=O)Oc2ccc3nc(-c4c(C)cc(OCCN5CCCC5)cc4C)[nH]c3c2)cc1C. The summed E-state index contributed by atoms with van der Waals surface area (Å²) in [7, 11) is 0. The Morgan fingerprint density at radius 3 is 2.41 bits per heavy atom. The fraction of sp³-hybridized carbons (Fsp3) is 0.333. The minimum Gasteiger partial charge on any atom is -0.492 e. The number of hydrogen-bond donors (Lipinski definition) is 2. The summed E-state index contributed by atoms with van der Waals surface area (Å²) in [4.78, 5) is 23.1. The highest BCUT2D eigenvalue weighted by Gasteiger charge is 2.15. The van der Waals surface area contributed by atoms with Crippen LogP contribution in [0.5, 0.6) is 11.5 Å². The van der Waals surface area contributed by atoms with E-state index >= 15 is 0 Å². The van der Waals surface area contributed by atoms with Gasteiger partial charge in [0.15, 0.2) is 0 Å². The summed E-state index contributed by atoms with van der Waals surface area (Å²) in [5, 5.41) is 2.79. The van der Waals surface area contributed by atoms with Gasteiger partial charge in [0.25, 0.3) is 0 Å². The Bertz CT molecular complexity index is 1410. The second-order valence-corrected chi connectivity index (χ2v) is 9.91. The van der Waals surface area contributed by atoms with E-state index in [9.17, 15) is 4.79 Å². The highest BCUT2D eigenvalue weighted by Crippen LogP contribution is 2.31. The number of H-pyrrole nitrogens is 1. The number of imidazole rings is 1. The number of carbonyl (C=O) groups excluding carboxylic acids is 1. The molecule has 0 radical (unpaired) electrons. The second kappa shape index (κ2) is 10.6. The zero-order valence-electron chi connectivity index (χ0n) is 22.0. The molecule has 7 heteroatoms. The van der Waals surface area contributed by atoms with E-state index in [4.69, 9.17) is 14.5 Å².